The maximum absolute atomic E-state index is 12.6. The Morgan fingerprint density at radius 3 is 2.52 bits per heavy atom. The minimum absolute atomic E-state index is 0.0387. The second kappa shape index (κ2) is 9.36. The fourth-order valence-electron chi connectivity index (χ4n) is 3.58. The van der Waals surface area contributed by atoms with Gasteiger partial charge >= 0.3 is 0 Å². The number of benzene rings is 2. The molecule has 1 heterocycles. The van der Waals surface area contributed by atoms with Crippen LogP contribution in [0.4, 0.5) is 0 Å². The van der Waals surface area contributed by atoms with Gasteiger partial charge < -0.3 is 10.2 Å². The molecule has 1 atom stereocenters. The van der Waals surface area contributed by atoms with Crippen molar-refractivity contribution in [2.45, 2.75) is 51.6 Å². The minimum Gasteiger partial charge on any atom is -0.350 e. The predicted octanol–water partition coefficient (Wildman–Crippen LogP) is 3.63. The van der Waals surface area contributed by atoms with Gasteiger partial charge in [-0.1, -0.05) is 60.2 Å². The van der Waals surface area contributed by atoms with Crippen molar-refractivity contribution in [3.8, 4) is 0 Å². The molecule has 27 heavy (non-hydrogen) atoms. The van der Waals surface area contributed by atoms with Gasteiger partial charge in [-0.3, -0.25) is 9.59 Å². The van der Waals surface area contributed by atoms with E-state index in [1.807, 2.05) is 30.3 Å². The standard InChI is InChI=1S/C23H28N2O2/c1-18-12-14-19(15-13-18)9-5-11-22(26)25-16-6-10-21(25)23(27)24-17-20-7-3-2-4-8-20/h2-4,7-8,12-15,21H,5-6,9-11,16-17H2,1H3,(H,24,27)/t21-/m0/s1. The van der Waals surface area contributed by atoms with Crippen LogP contribution in [0.3, 0.4) is 0 Å². The van der Waals surface area contributed by atoms with Crippen molar-refractivity contribution < 1.29 is 9.59 Å². The zero-order valence-electron chi connectivity index (χ0n) is 16.0. The Balaban J connectivity index is 1.46. The van der Waals surface area contributed by atoms with Crippen molar-refractivity contribution in [3.63, 3.8) is 0 Å². The van der Waals surface area contributed by atoms with Crippen molar-refractivity contribution in [2.75, 3.05) is 6.54 Å². The minimum atomic E-state index is -0.319. The molecule has 3 rings (SSSR count). The average molecular weight is 364 g/mol. The van der Waals surface area contributed by atoms with E-state index in [1.54, 1.807) is 4.90 Å². The zero-order valence-corrected chi connectivity index (χ0v) is 16.0. The lowest BCUT2D eigenvalue weighted by Gasteiger charge is -2.24. The van der Waals surface area contributed by atoms with Crippen LogP contribution in [0.15, 0.2) is 54.6 Å². The molecule has 1 aliphatic heterocycles. The number of amides is 2. The van der Waals surface area contributed by atoms with E-state index in [4.69, 9.17) is 0 Å². The summed E-state index contributed by atoms with van der Waals surface area (Å²) in [5.41, 5.74) is 3.57. The molecule has 4 nitrogen and oxygen atoms in total. The van der Waals surface area contributed by atoms with Crippen LogP contribution in [-0.4, -0.2) is 29.3 Å². The summed E-state index contributed by atoms with van der Waals surface area (Å²) in [6, 6.07) is 18.0. The van der Waals surface area contributed by atoms with Crippen LogP contribution < -0.4 is 5.32 Å². The third kappa shape index (κ3) is 5.43. The van der Waals surface area contributed by atoms with Crippen LogP contribution in [0, 0.1) is 6.92 Å². The second-order valence-electron chi connectivity index (χ2n) is 7.29. The molecule has 0 unspecified atom stereocenters. The summed E-state index contributed by atoms with van der Waals surface area (Å²) >= 11 is 0. The number of likely N-dealkylation sites (tertiary alicyclic amines) is 1. The van der Waals surface area contributed by atoms with Crippen LogP contribution in [0.25, 0.3) is 0 Å². The molecule has 2 amide bonds. The van der Waals surface area contributed by atoms with Gasteiger partial charge in [-0.25, -0.2) is 0 Å². The number of carbonyl (C=O) groups is 2. The molecule has 0 bridgehead atoms. The average Bonchev–Trinajstić information content (AvgIpc) is 3.18. The van der Waals surface area contributed by atoms with Gasteiger partial charge in [-0.15, -0.1) is 0 Å². The summed E-state index contributed by atoms with van der Waals surface area (Å²) in [6.07, 6.45) is 3.86. The van der Waals surface area contributed by atoms with Gasteiger partial charge in [-0.05, 0) is 43.7 Å². The summed E-state index contributed by atoms with van der Waals surface area (Å²) in [6.45, 7) is 3.27. The Hall–Kier alpha value is -2.62. The lowest BCUT2D eigenvalue weighted by molar-refractivity contribution is -0.138. The molecule has 2 aromatic rings. The third-order valence-corrected chi connectivity index (χ3v) is 5.16. The summed E-state index contributed by atoms with van der Waals surface area (Å²) in [5, 5.41) is 2.98. The molecule has 2 aromatic carbocycles. The van der Waals surface area contributed by atoms with Gasteiger partial charge in [0.05, 0.1) is 0 Å². The number of nitrogens with zero attached hydrogens (tertiary/aromatic N) is 1. The van der Waals surface area contributed by atoms with E-state index in [2.05, 4.69) is 36.5 Å². The van der Waals surface area contributed by atoms with Crippen molar-refractivity contribution in [3.05, 3.63) is 71.3 Å². The summed E-state index contributed by atoms with van der Waals surface area (Å²) in [4.78, 5) is 27.0. The molecule has 1 fully saturated rings. The predicted molar refractivity (Wildman–Crippen MR) is 107 cm³/mol. The molecule has 0 saturated carbocycles. The van der Waals surface area contributed by atoms with Gasteiger partial charge in [0.2, 0.25) is 11.8 Å². The first-order chi connectivity index (χ1) is 13.1. The third-order valence-electron chi connectivity index (χ3n) is 5.16. The molecule has 1 saturated heterocycles. The first-order valence-electron chi connectivity index (χ1n) is 9.80. The largest absolute Gasteiger partial charge is 0.350 e. The van der Waals surface area contributed by atoms with Gasteiger partial charge in [0.25, 0.3) is 0 Å². The zero-order chi connectivity index (χ0) is 19.1. The van der Waals surface area contributed by atoms with Crippen molar-refractivity contribution >= 4 is 11.8 Å². The Morgan fingerprint density at radius 2 is 1.78 bits per heavy atom. The highest BCUT2D eigenvalue weighted by Crippen LogP contribution is 2.20. The maximum atomic E-state index is 12.6. The van der Waals surface area contributed by atoms with Crippen LogP contribution in [0.5, 0.6) is 0 Å². The molecule has 1 aliphatic rings. The van der Waals surface area contributed by atoms with Crippen LogP contribution in [-0.2, 0) is 22.6 Å². The van der Waals surface area contributed by atoms with E-state index < -0.39 is 0 Å². The van der Waals surface area contributed by atoms with Crippen LogP contribution in [0.2, 0.25) is 0 Å². The van der Waals surface area contributed by atoms with E-state index >= 15 is 0 Å². The molecular weight excluding hydrogens is 336 g/mol. The van der Waals surface area contributed by atoms with Crippen molar-refractivity contribution in [1.29, 1.82) is 0 Å². The van der Waals surface area contributed by atoms with Gasteiger partial charge in [0.15, 0.2) is 0 Å². The number of hydrogen-bond donors (Lipinski definition) is 1. The quantitative estimate of drug-likeness (QED) is 0.816. The summed E-state index contributed by atoms with van der Waals surface area (Å²) in [7, 11) is 0. The number of rotatable bonds is 7. The van der Waals surface area contributed by atoms with Gasteiger partial charge in [0, 0.05) is 19.5 Å². The van der Waals surface area contributed by atoms with E-state index in [0.29, 0.717) is 19.5 Å². The summed E-state index contributed by atoms with van der Waals surface area (Å²) in [5.74, 6) is 0.0581. The molecule has 1 N–H and O–H groups in total. The van der Waals surface area contributed by atoms with Crippen molar-refractivity contribution in [1.82, 2.24) is 10.2 Å². The number of hydrogen-bond acceptors (Lipinski definition) is 2. The number of carbonyl (C=O) groups excluding carboxylic acids is 2. The normalized spacial score (nSPS) is 16.3. The Morgan fingerprint density at radius 1 is 1.04 bits per heavy atom. The molecule has 4 heteroatoms. The Kier molecular flexibility index (Phi) is 6.64. The Bertz CT molecular complexity index is 756. The van der Waals surface area contributed by atoms with Crippen LogP contribution in [0.1, 0.15) is 42.4 Å². The number of aryl methyl sites for hydroxylation is 2. The monoisotopic (exact) mass is 364 g/mol. The SMILES string of the molecule is Cc1ccc(CCCC(=O)N2CCC[C@H]2C(=O)NCc2ccccc2)cc1. The van der Waals surface area contributed by atoms with Gasteiger partial charge in [0.1, 0.15) is 6.04 Å². The smallest absolute Gasteiger partial charge is 0.243 e. The van der Waals surface area contributed by atoms with Crippen molar-refractivity contribution in [2.24, 2.45) is 0 Å². The molecule has 0 aliphatic carbocycles. The van der Waals surface area contributed by atoms with Gasteiger partial charge in [-0.2, -0.15) is 0 Å². The molecule has 0 radical (unpaired) electrons. The fraction of sp³-hybridized carbons (Fsp3) is 0.391. The van der Waals surface area contributed by atoms with Crippen LogP contribution >= 0.6 is 0 Å². The van der Waals surface area contributed by atoms with E-state index in [0.717, 1.165) is 31.2 Å². The highest BCUT2D eigenvalue weighted by atomic mass is 16.2. The fourth-order valence-corrected chi connectivity index (χ4v) is 3.58. The highest BCUT2D eigenvalue weighted by Gasteiger charge is 2.33. The molecule has 142 valence electrons. The first-order valence-corrected chi connectivity index (χ1v) is 9.80. The van der Waals surface area contributed by atoms with E-state index in [9.17, 15) is 9.59 Å². The van der Waals surface area contributed by atoms with E-state index in [-0.39, 0.29) is 17.9 Å². The lowest BCUT2D eigenvalue weighted by Crippen LogP contribution is -2.45. The second-order valence-corrected chi connectivity index (χ2v) is 7.29. The van der Waals surface area contributed by atoms with E-state index in [1.165, 1.54) is 11.1 Å². The highest BCUT2D eigenvalue weighted by molar-refractivity contribution is 5.88. The molecule has 0 spiro atoms. The first kappa shape index (κ1) is 19.2. The number of nitrogens with one attached hydrogen (secondary N) is 1. The summed E-state index contributed by atoms with van der Waals surface area (Å²) < 4.78 is 0. The molecular formula is C23H28N2O2. The Labute approximate surface area is 161 Å². The molecule has 0 aromatic heterocycles. The lowest BCUT2D eigenvalue weighted by atomic mass is 10.1. The maximum Gasteiger partial charge on any atom is 0.243 e. The topological polar surface area (TPSA) is 49.4 Å².